The van der Waals surface area contributed by atoms with Crippen molar-refractivity contribution < 1.29 is 0 Å². The van der Waals surface area contributed by atoms with Gasteiger partial charge in [0.1, 0.15) is 0 Å². The van der Waals surface area contributed by atoms with E-state index in [-0.39, 0.29) is 0 Å². The second kappa shape index (κ2) is 5.47. The van der Waals surface area contributed by atoms with Crippen molar-refractivity contribution in [3.8, 4) is 0 Å². The van der Waals surface area contributed by atoms with E-state index in [0.717, 1.165) is 25.0 Å². The van der Waals surface area contributed by atoms with Crippen molar-refractivity contribution in [1.29, 1.82) is 0 Å². The molecule has 0 amide bonds. The number of fused-ring (bicyclic) bond motifs is 1. The second-order valence-corrected chi connectivity index (χ2v) is 6.09. The molecule has 0 aromatic heterocycles. The normalized spacial score (nSPS) is 38.6. The second-order valence-electron chi connectivity index (χ2n) is 6.09. The van der Waals surface area contributed by atoms with E-state index in [9.17, 15) is 0 Å². The lowest BCUT2D eigenvalue weighted by atomic mass is 9.91. The van der Waals surface area contributed by atoms with Gasteiger partial charge in [0.2, 0.25) is 0 Å². The molecule has 1 saturated carbocycles. The zero-order valence-electron chi connectivity index (χ0n) is 11.5. The summed E-state index contributed by atoms with van der Waals surface area (Å²) in [5.74, 6) is 1.89. The van der Waals surface area contributed by atoms with Crippen molar-refractivity contribution in [2.45, 2.75) is 50.6 Å². The van der Waals surface area contributed by atoms with Gasteiger partial charge in [-0.15, -0.1) is 0 Å². The third kappa shape index (κ3) is 2.48. The number of guanidine groups is 1. The number of piperidine rings is 1. The molecule has 4 heteroatoms. The highest BCUT2D eigenvalue weighted by atomic mass is 15.4. The summed E-state index contributed by atoms with van der Waals surface area (Å²) in [6.45, 7) is 3.32. The fraction of sp³-hybridized carbons (Fsp3) is 0.929. The van der Waals surface area contributed by atoms with Gasteiger partial charge in [0.15, 0.2) is 5.96 Å². The smallest absolute Gasteiger partial charge is 0.194 e. The minimum absolute atomic E-state index is 0.659. The molecule has 0 aromatic rings. The molecule has 3 atom stereocenters. The average Bonchev–Trinajstić information content (AvgIpc) is 2.75. The molecule has 4 nitrogen and oxygen atoms in total. The van der Waals surface area contributed by atoms with E-state index in [4.69, 9.17) is 4.99 Å². The fourth-order valence-electron chi connectivity index (χ4n) is 3.62. The highest BCUT2D eigenvalue weighted by molar-refractivity contribution is 5.82. The molecule has 2 aliphatic heterocycles. The standard InChI is InChI=1S/C14H26N4/c1-18-13-7-3-2-6-12(13)17-14(18)16-10-11-5-4-8-15-9-11/h11-13,15H,2-10H2,1H3,(H,16,17). The lowest BCUT2D eigenvalue weighted by Crippen LogP contribution is -2.37. The molecule has 1 aliphatic carbocycles. The first kappa shape index (κ1) is 12.3. The maximum Gasteiger partial charge on any atom is 0.194 e. The number of likely N-dealkylation sites (N-methyl/N-ethyl adjacent to an activating group) is 1. The van der Waals surface area contributed by atoms with Crippen LogP contribution in [0.3, 0.4) is 0 Å². The van der Waals surface area contributed by atoms with E-state index >= 15 is 0 Å². The van der Waals surface area contributed by atoms with Crippen LogP contribution in [0, 0.1) is 5.92 Å². The Morgan fingerprint density at radius 2 is 2.11 bits per heavy atom. The van der Waals surface area contributed by atoms with E-state index < -0.39 is 0 Å². The van der Waals surface area contributed by atoms with Crippen LogP contribution in [0.4, 0.5) is 0 Å². The Labute approximate surface area is 110 Å². The van der Waals surface area contributed by atoms with Gasteiger partial charge in [-0.1, -0.05) is 12.8 Å². The van der Waals surface area contributed by atoms with Crippen molar-refractivity contribution in [3.63, 3.8) is 0 Å². The van der Waals surface area contributed by atoms with Crippen LogP contribution in [0.15, 0.2) is 4.99 Å². The molecule has 2 N–H and O–H groups in total. The van der Waals surface area contributed by atoms with Crippen LogP contribution >= 0.6 is 0 Å². The van der Waals surface area contributed by atoms with Gasteiger partial charge in [-0.05, 0) is 44.7 Å². The molecule has 3 fully saturated rings. The Hall–Kier alpha value is -0.770. The van der Waals surface area contributed by atoms with Gasteiger partial charge in [0.05, 0.1) is 6.04 Å². The predicted molar refractivity (Wildman–Crippen MR) is 74.8 cm³/mol. The maximum atomic E-state index is 4.84. The molecule has 0 aromatic carbocycles. The van der Waals surface area contributed by atoms with Gasteiger partial charge >= 0.3 is 0 Å². The highest BCUT2D eigenvalue weighted by Crippen LogP contribution is 2.26. The average molecular weight is 250 g/mol. The molecule has 3 rings (SSSR count). The topological polar surface area (TPSA) is 39.7 Å². The first-order valence-corrected chi connectivity index (χ1v) is 7.59. The Bertz CT molecular complexity index is 309. The summed E-state index contributed by atoms with van der Waals surface area (Å²) >= 11 is 0. The van der Waals surface area contributed by atoms with Gasteiger partial charge in [-0.2, -0.15) is 0 Å². The predicted octanol–water partition coefficient (Wildman–Crippen LogP) is 1.19. The van der Waals surface area contributed by atoms with E-state index in [1.54, 1.807) is 0 Å². The monoisotopic (exact) mass is 250 g/mol. The van der Waals surface area contributed by atoms with Gasteiger partial charge in [0, 0.05) is 19.6 Å². The largest absolute Gasteiger partial charge is 0.351 e. The molecule has 2 saturated heterocycles. The number of hydrogen-bond donors (Lipinski definition) is 2. The zero-order valence-corrected chi connectivity index (χ0v) is 11.5. The number of nitrogens with zero attached hydrogens (tertiary/aromatic N) is 2. The molecular formula is C14H26N4. The molecular weight excluding hydrogens is 224 g/mol. The van der Waals surface area contributed by atoms with Gasteiger partial charge in [-0.3, -0.25) is 4.99 Å². The molecule has 0 radical (unpaired) electrons. The molecule has 18 heavy (non-hydrogen) atoms. The lowest BCUT2D eigenvalue weighted by Gasteiger charge is -2.28. The minimum atomic E-state index is 0.659. The van der Waals surface area contributed by atoms with Crippen LogP contribution in [0.5, 0.6) is 0 Å². The van der Waals surface area contributed by atoms with Crippen molar-refractivity contribution in [2.24, 2.45) is 10.9 Å². The molecule has 102 valence electrons. The van der Waals surface area contributed by atoms with Crippen LogP contribution in [0.1, 0.15) is 38.5 Å². The number of nitrogens with one attached hydrogen (secondary N) is 2. The number of hydrogen-bond acceptors (Lipinski definition) is 2. The Morgan fingerprint density at radius 1 is 1.22 bits per heavy atom. The van der Waals surface area contributed by atoms with Crippen LogP contribution in [0.2, 0.25) is 0 Å². The first-order valence-electron chi connectivity index (χ1n) is 7.59. The van der Waals surface area contributed by atoms with Crippen molar-refractivity contribution in [3.05, 3.63) is 0 Å². The Kier molecular flexibility index (Phi) is 3.73. The van der Waals surface area contributed by atoms with E-state index in [2.05, 4.69) is 22.6 Å². The summed E-state index contributed by atoms with van der Waals surface area (Å²) in [5.41, 5.74) is 0. The van der Waals surface area contributed by atoms with Gasteiger partial charge < -0.3 is 15.5 Å². The van der Waals surface area contributed by atoms with Crippen molar-refractivity contribution >= 4 is 5.96 Å². The summed E-state index contributed by atoms with van der Waals surface area (Å²) < 4.78 is 0. The molecule has 2 heterocycles. The molecule has 0 spiro atoms. The van der Waals surface area contributed by atoms with Gasteiger partial charge in [-0.25, -0.2) is 0 Å². The SMILES string of the molecule is CN1C(=NCC2CCCNC2)NC2CCCCC21. The third-order valence-corrected chi connectivity index (χ3v) is 4.77. The number of aliphatic imine (C=N–C) groups is 1. The van der Waals surface area contributed by atoms with Crippen molar-refractivity contribution in [2.75, 3.05) is 26.7 Å². The Balaban J connectivity index is 1.58. The molecule has 3 aliphatic rings. The third-order valence-electron chi connectivity index (χ3n) is 4.77. The van der Waals surface area contributed by atoms with E-state index in [1.165, 1.54) is 45.1 Å². The Morgan fingerprint density at radius 3 is 2.89 bits per heavy atom. The first-order chi connectivity index (χ1) is 8.84. The van der Waals surface area contributed by atoms with E-state index in [0.29, 0.717) is 12.1 Å². The summed E-state index contributed by atoms with van der Waals surface area (Å²) in [7, 11) is 2.21. The summed E-state index contributed by atoms with van der Waals surface area (Å²) in [6, 6.07) is 1.36. The zero-order chi connectivity index (χ0) is 12.4. The van der Waals surface area contributed by atoms with Crippen LogP contribution in [-0.4, -0.2) is 49.6 Å². The maximum absolute atomic E-state index is 4.84. The quantitative estimate of drug-likeness (QED) is 0.773. The van der Waals surface area contributed by atoms with Crippen molar-refractivity contribution in [1.82, 2.24) is 15.5 Å². The summed E-state index contributed by atoms with van der Waals surface area (Å²) in [5, 5.41) is 7.11. The van der Waals surface area contributed by atoms with E-state index in [1.807, 2.05) is 0 Å². The fourth-order valence-corrected chi connectivity index (χ4v) is 3.62. The van der Waals surface area contributed by atoms with Crippen LogP contribution in [-0.2, 0) is 0 Å². The summed E-state index contributed by atoms with van der Waals surface area (Å²) in [6.07, 6.45) is 8.05. The molecule has 0 bridgehead atoms. The summed E-state index contributed by atoms with van der Waals surface area (Å²) in [4.78, 5) is 7.23. The number of rotatable bonds is 2. The van der Waals surface area contributed by atoms with Crippen LogP contribution in [0.25, 0.3) is 0 Å². The minimum Gasteiger partial charge on any atom is -0.351 e. The van der Waals surface area contributed by atoms with Crippen LogP contribution < -0.4 is 10.6 Å². The highest BCUT2D eigenvalue weighted by Gasteiger charge is 2.36. The molecule has 3 unspecified atom stereocenters. The lowest BCUT2D eigenvalue weighted by molar-refractivity contribution is 0.278. The van der Waals surface area contributed by atoms with Gasteiger partial charge in [0.25, 0.3) is 0 Å².